The van der Waals surface area contributed by atoms with E-state index in [1.807, 2.05) is 6.92 Å². The molecule has 3 rings (SSSR count). The fraction of sp³-hybridized carbons (Fsp3) is 0.350. The number of carbonyl (C=O) groups excluding carboxylic acids is 1. The zero-order valence-electron chi connectivity index (χ0n) is 15.2. The predicted octanol–water partition coefficient (Wildman–Crippen LogP) is 3.10. The Labute approximate surface area is 164 Å². The number of ether oxygens (including phenoxy) is 1. The van der Waals surface area contributed by atoms with Crippen LogP contribution in [0.1, 0.15) is 24.0 Å². The average molecular weight is 408 g/mol. The van der Waals surface area contributed by atoms with E-state index in [2.05, 4.69) is 0 Å². The molecule has 2 aromatic rings. The molecule has 1 aliphatic rings. The third-order valence-corrected chi connectivity index (χ3v) is 7.71. The van der Waals surface area contributed by atoms with E-state index in [0.29, 0.717) is 10.6 Å². The number of nitrogens with two attached hydrogens (primary N) is 1. The van der Waals surface area contributed by atoms with Gasteiger partial charge in [0.05, 0.1) is 16.8 Å². The second kappa shape index (κ2) is 7.26. The zero-order chi connectivity index (χ0) is 19.8. The molecule has 1 aliphatic carbocycles. The van der Waals surface area contributed by atoms with Crippen molar-refractivity contribution in [2.45, 2.75) is 29.9 Å². The molecular weight excluding hydrogens is 386 g/mol. The quantitative estimate of drug-likeness (QED) is 0.743. The predicted molar refractivity (Wildman–Crippen MR) is 104 cm³/mol. The van der Waals surface area contributed by atoms with Crippen LogP contribution >= 0.6 is 11.6 Å². The van der Waals surface area contributed by atoms with E-state index in [0.717, 1.165) is 5.56 Å². The number of carbonyl (C=O) groups is 1. The first-order valence-corrected chi connectivity index (χ1v) is 10.6. The number of benzene rings is 2. The summed E-state index contributed by atoms with van der Waals surface area (Å²) in [4.78, 5) is 12.9. The van der Waals surface area contributed by atoms with Crippen LogP contribution in [0.4, 0.5) is 0 Å². The monoisotopic (exact) mass is 407 g/mol. The van der Waals surface area contributed by atoms with Crippen LogP contribution in [-0.2, 0) is 19.4 Å². The Kier molecular flexibility index (Phi) is 5.34. The van der Waals surface area contributed by atoms with Gasteiger partial charge < -0.3 is 10.5 Å². The van der Waals surface area contributed by atoms with Crippen molar-refractivity contribution in [1.82, 2.24) is 0 Å². The van der Waals surface area contributed by atoms with Crippen LogP contribution in [0.3, 0.4) is 0 Å². The molecule has 7 heteroatoms. The number of sulfone groups is 1. The largest absolute Gasteiger partial charge is 0.465 e. The van der Waals surface area contributed by atoms with Gasteiger partial charge in [-0.05, 0) is 43.7 Å². The zero-order valence-corrected chi connectivity index (χ0v) is 16.8. The van der Waals surface area contributed by atoms with Crippen molar-refractivity contribution >= 4 is 27.4 Å². The molecule has 1 saturated carbocycles. The van der Waals surface area contributed by atoms with E-state index in [1.54, 1.807) is 55.5 Å². The van der Waals surface area contributed by atoms with E-state index in [1.165, 1.54) is 0 Å². The van der Waals surface area contributed by atoms with Crippen molar-refractivity contribution in [3.63, 3.8) is 0 Å². The molecule has 0 bridgehead atoms. The fourth-order valence-corrected chi connectivity index (χ4v) is 6.22. The van der Waals surface area contributed by atoms with Crippen LogP contribution in [-0.4, -0.2) is 32.8 Å². The lowest BCUT2D eigenvalue weighted by Crippen LogP contribution is -2.33. The molecular formula is C20H22ClNO4S. The van der Waals surface area contributed by atoms with Gasteiger partial charge in [-0.15, -0.1) is 0 Å². The number of aryl methyl sites for hydroxylation is 1. The SMILES string of the molecule is CCOC(=O)C1(CN)C(c2ccc(Cl)cc2)C1S(=O)(=O)c1ccc(C)cc1. The van der Waals surface area contributed by atoms with E-state index in [4.69, 9.17) is 22.1 Å². The third kappa shape index (κ3) is 3.26. The van der Waals surface area contributed by atoms with Gasteiger partial charge in [0.2, 0.25) is 0 Å². The van der Waals surface area contributed by atoms with Crippen molar-refractivity contribution in [3.8, 4) is 0 Å². The molecule has 27 heavy (non-hydrogen) atoms. The molecule has 0 heterocycles. The second-order valence-electron chi connectivity index (χ2n) is 6.77. The summed E-state index contributed by atoms with van der Waals surface area (Å²) in [6, 6.07) is 13.4. The van der Waals surface area contributed by atoms with Gasteiger partial charge in [0.25, 0.3) is 0 Å². The van der Waals surface area contributed by atoms with Gasteiger partial charge in [-0.2, -0.15) is 0 Å². The summed E-state index contributed by atoms with van der Waals surface area (Å²) in [5.41, 5.74) is 6.32. The molecule has 144 valence electrons. The highest BCUT2D eigenvalue weighted by atomic mass is 35.5. The van der Waals surface area contributed by atoms with Gasteiger partial charge in [0.15, 0.2) is 9.84 Å². The second-order valence-corrected chi connectivity index (χ2v) is 9.28. The summed E-state index contributed by atoms with van der Waals surface area (Å²) in [6.45, 7) is 3.61. The maximum Gasteiger partial charge on any atom is 0.315 e. The van der Waals surface area contributed by atoms with Gasteiger partial charge >= 0.3 is 5.97 Å². The lowest BCUT2D eigenvalue weighted by atomic mass is 9.99. The van der Waals surface area contributed by atoms with Crippen LogP contribution in [0.5, 0.6) is 0 Å². The van der Waals surface area contributed by atoms with Gasteiger partial charge in [0.1, 0.15) is 5.41 Å². The topological polar surface area (TPSA) is 86.5 Å². The van der Waals surface area contributed by atoms with Crippen LogP contribution < -0.4 is 5.73 Å². The lowest BCUT2D eigenvalue weighted by molar-refractivity contribution is -0.149. The van der Waals surface area contributed by atoms with Gasteiger partial charge in [0, 0.05) is 17.5 Å². The molecule has 0 saturated heterocycles. The maximum absolute atomic E-state index is 13.4. The highest BCUT2D eigenvalue weighted by Crippen LogP contribution is 2.64. The Balaban J connectivity index is 2.10. The van der Waals surface area contributed by atoms with Crippen LogP contribution in [0, 0.1) is 12.3 Å². The van der Waals surface area contributed by atoms with Crippen LogP contribution in [0.2, 0.25) is 5.02 Å². The van der Waals surface area contributed by atoms with E-state index < -0.39 is 32.4 Å². The van der Waals surface area contributed by atoms with Crippen molar-refractivity contribution in [2.24, 2.45) is 11.1 Å². The summed E-state index contributed by atoms with van der Waals surface area (Å²) < 4.78 is 31.9. The standard InChI is InChI=1S/C20H22ClNO4S/c1-3-26-19(23)20(12-22)17(14-6-8-15(21)9-7-14)18(20)27(24,25)16-10-4-13(2)5-11-16/h4-11,17-18H,3,12,22H2,1-2H3. The summed E-state index contributed by atoms with van der Waals surface area (Å²) >= 11 is 5.96. The highest BCUT2D eigenvalue weighted by Gasteiger charge is 2.75. The molecule has 2 aromatic carbocycles. The Hall–Kier alpha value is -1.89. The number of hydrogen-bond acceptors (Lipinski definition) is 5. The normalized spacial score (nSPS) is 24.4. The van der Waals surface area contributed by atoms with Crippen LogP contribution in [0.15, 0.2) is 53.4 Å². The number of hydrogen-bond donors (Lipinski definition) is 1. The number of esters is 1. The Morgan fingerprint density at radius 3 is 2.26 bits per heavy atom. The molecule has 5 nitrogen and oxygen atoms in total. The van der Waals surface area contributed by atoms with Gasteiger partial charge in [-0.1, -0.05) is 41.4 Å². The summed E-state index contributed by atoms with van der Waals surface area (Å²) in [5, 5.41) is -0.440. The molecule has 3 atom stereocenters. The molecule has 1 fully saturated rings. The van der Waals surface area contributed by atoms with Crippen molar-refractivity contribution in [3.05, 3.63) is 64.7 Å². The first kappa shape index (κ1) is 19.9. The highest BCUT2D eigenvalue weighted by molar-refractivity contribution is 7.92. The van der Waals surface area contributed by atoms with E-state index in [9.17, 15) is 13.2 Å². The first-order chi connectivity index (χ1) is 12.8. The Morgan fingerprint density at radius 2 is 1.74 bits per heavy atom. The summed E-state index contributed by atoms with van der Waals surface area (Å²) in [7, 11) is -3.79. The van der Waals surface area contributed by atoms with Gasteiger partial charge in [-0.25, -0.2) is 8.42 Å². The number of halogens is 1. The molecule has 0 aromatic heterocycles. The lowest BCUT2D eigenvalue weighted by Gasteiger charge is -2.14. The molecule has 2 N–H and O–H groups in total. The average Bonchev–Trinajstić information content (AvgIpc) is 3.34. The number of rotatable bonds is 6. The van der Waals surface area contributed by atoms with Crippen molar-refractivity contribution in [2.75, 3.05) is 13.2 Å². The smallest absolute Gasteiger partial charge is 0.315 e. The Bertz CT molecular complexity index is 941. The van der Waals surface area contributed by atoms with Gasteiger partial charge in [-0.3, -0.25) is 4.79 Å². The van der Waals surface area contributed by atoms with Crippen molar-refractivity contribution < 1.29 is 17.9 Å². The molecule has 0 radical (unpaired) electrons. The molecule has 0 aliphatic heterocycles. The molecule has 0 amide bonds. The van der Waals surface area contributed by atoms with E-state index >= 15 is 0 Å². The Morgan fingerprint density at radius 1 is 1.15 bits per heavy atom. The molecule has 3 unspecified atom stereocenters. The minimum atomic E-state index is -3.79. The van der Waals surface area contributed by atoms with E-state index in [-0.39, 0.29) is 18.0 Å². The minimum absolute atomic E-state index is 0.116. The van der Waals surface area contributed by atoms with Crippen LogP contribution in [0.25, 0.3) is 0 Å². The fourth-order valence-electron chi connectivity index (χ4n) is 3.71. The maximum atomic E-state index is 13.4. The van der Waals surface area contributed by atoms with Crippen molar-refractivity contribution in [1.29, 1.82) is 0 Å². The summed E-state index contributed by atoms with van der Waals surface area (Å²) in [5.74, 6) is -1.15. The summed E-state index contributed by atoms with van der Waals surface area (Å²) in [6.07, 6.45) is 0. The first-order valence-electron chi connectivity index (χ1n) is 8.72. The third-order valence-electron chi connectivity index (χ3n) is 5.16. The molecule has 0 spiro atoms. The minimum Gasteiger partial charge on any atom is -0.465 e.